The Morgan fingerprint density at radius 2 is 1.42 bits per heavy atom. The van der Waals surface area contributed by atoms with E-state index in [1.165, 1.54) is 50.1 Å². The van der Waals surface area contributed by atoms with Crippen LogP contribution in [0.3, 0.4) is 0 Å². The molecule has 0 aromatic heterocycles. The Bertz CT molecular complexity index is 824. The quantitative estimate of drug-likeness (QED) is 0.299. The largest absolute Gasteiger partial charge is 1.00 e. The van der Waals surface area contributed by atoms with Gasteiger partial charge in [0.15, 0.2) is 0 Å². The molecule has 0 amide bonds. The second-order valence-electron chi connectivity index (χ2n) is 5.98. The van der Waals surface area contributed by atoms with E-state index in [-0.39, 0.29) is 30.3 Å². The predicted octanol–water partition coefficient (Wildman–Crippen LogP) is 0.590. The van der Waals surface area contributed by atoms with Crippen molar-refractivity contribution in [1.82, 2.24) is 0 Å². The van der Waals surface area contributed by atoms with Crippen LogP contribution in [0, 0.1) is 6.08 Å². The van der Waals surface area contributed by atoms with Crippen molar-refractivity contribution in [2.45, 2.75) is 32.9 Å². The van der Waals surface area contributed by atoms with E-state index in [1.54, 1.807) is 0 Å². The molecule has 0 radical (unpaired) electrons. The summed E-state index contributed by atoms with van der Waals surface area (Å²) >= 11 is 1.45. The maximum Gasteiger partial charge on any atom is -0.0771 e. The average Bonchev–Trinajstić information content (AvgIpc) is 3.22. The first-order valence-corrected chi connectivity index (χ1v) is 16.3. The molecule has 0 bridgehead atoms. The van der Waals surface area contributed by atoms with Crippen LogP contribution in [0.4, 0.5) is 0 Å². The van der Waals surface area contributed by atoms with E-state index < -0.39 is 0 Å². The summed E-state index contributed by atoms with van der Waals surface area (Å²) in [5.41, 5.74) is 1.62. The van der Waals surface area contributed by atoms with E-state index in [2.05, 4.69) is 92.8 Å². The van der Waals surface area contributed by atoms with Crippen molar-refractivity contribution in [3.05, 3.63) is 78.4 Å². The number of hydrogen-bond donors (Lipinski definition) is 0. The third kappa shape index (κ3) is 8.00. The van der Waals surface area contributed by atoms with E-state index in [4.69, 9.17) is 0 Å². The van der Waals surface area contributed by atoms with E-state index >= 15 is 0 Å². The van der Waals surface area contributed by atoms with Crippen molar-refractivity contribution >= 4 is 27.0 Å². The number of hydrogen-bond acceptors (Lipinski definition) is 0. The Kier molecular flexibility index (Phi) is 13.3. The Labute approximate surface area is 185 Å². The summed E-state index contributed by atoms with van der Waals surface area (Å²) in [5.74, 6) is 0. The van der Waals surface area contributed by atoms with E-state index in [9.17, 15) is 0 Å². The van der Waals surface area contributed by atoms with Gasteiger partial charge in [0.2, 0.25) is 0 Å². The number of benzene rings is 2. The molecule has 0 atom stereocenters. The second kappa shape index (κ2) is 13.6. The third-order valence-corrected chi connectivity index (χ3v) is 3.67. The fourth-order valence-corrected chi connectivity index (χ4v) is 2.60. The van der Waals surface area contributed by atoms with Gasteiger partial charge in [-0.3, -0.25) is 6.08 Å². The summed E-state index contributed by atoms with van der Waals surface area (Å²) in [6.07, 6.45) is 9.65. The molecule has 26 heavy (non-hydrogen) atoms. The third-order valence-electron chi connectivity index (χ3n) is 3.67. The Morgan fingerprint density at radius 1 is 0.962 bits per heavy atom. The van der Waals surface area contributed by atoms with Crippen molar-refractivity contribution in [3.8, 4) is 0 Å². The molecule has 0 fully saturated rings. The van der Waals surface area contributed by atoms with Crippen molar-refractivity contribution in [2.75, 3.05) is 0 Å². The first-order valence-electron chi connectivity index (χ1n) is 8.43. The monoisotopic (exact) mass is 566 g/mol. The van der Waals surface area contributed by atoms with Crippen LogP contribution in [0.15, 0.2) is 72.3 Å². The van der Waals surface area contributed by atoms with Gasteiger partial charge in [-0.1, -0.05) is 49.7 Å². The van der Waals surface area contributed by atoms with Crippen LogP contribution in [-0.4, -0.2) is 5.49 Å². The molecule has 1 aliphatic carbocycles. The molecule has 0 saturated carbocycles. The zero-order chi connectivity index (χ0) is 17.4. The standard InChI is InChI=1S/C13H9.C7H9.C2H6Si.2ClH.Hf/c1-3-7-12-10(5-1)9-11-6-2-4-8-13(11)12;1-2-7-5-3-4-6-7;1-3-2;;;/h1-9H;3,5H,2,4H2,1H3;1-2H3;2*1H;/q2*-1;;;;+2/p-2. The zero-order valence-corrected chi connectivity index (χ0v) is 21.6. The van der Waals surface area contributed by atoms with Gasteiger partial charge in [-0.15, -0.1) is 46.2 Å². The summed E-state index contributed by atoms with van der Waals surface area (Å²) in [6, 6.07) is 19.3. The molecule has 0 nitrogen and oxygen atoms in total. The maximum atomic E-state index is 3.21. The van der Waals surface area contributed by atoms with Gasteiger partial charge in [0.05, 0.1) is 0 Å². The molecular formula is C22H24Cl2HfSi-2. The van der Waals surface area contributed by atoms with E-state index in [0.717, 1.165) is 12.8 Å². The minimum atomic E-state index is 0. The number of halogens is 2. The predicted molar refractivity (Wildman–Crippen MR) is 105 cm³/mol. The van der Waals surface area contributed by atoms with Crippen LogP contribution in [0.5, 0.6) is 0 Å². The average molecular weight is 566 g/mol. The fourth-order valence-electron chi connectivity index (χ4n) is 2.60. The van der Waals surface area contributed by atoms with E-state index in [0.29, 0.717) is 0 Å². The molecular weight excluding hydrogens is 542 g/mol. The first-order chi connectivity index (χ1) is 11.6. The van der Waals surface area contributed by atoms with Gasteiger partial charge >= 0.3 is 41.6 Å². The van der Waals surface area contributed by atoms with Crippen molar-refractivity contribution in [3.63, 3.8) is 0 Å². The van der Waals surface area contributed by atoms with Crippen LogP contribution >= 0.6 is 0 Å². The summed E-state index contributed by atoms with van der Waals surface area (Å²) < 4.78 is 0. The summed E-state index contributed by atoms with van der Waals surface area (Å²) in [5, 5.41) is 5.39. The molecule has 0 saturated heterocycles. The Balaban J connectivity index is 0.000000415. The van der Waals surface area contributed by atoms with Gasteiger partial charge in [-0.05, 0) is 0 Å². The van der Waals surface area contributed by atoms with Gasteiger partial charge in [-0.25, -0.2) is 11.6 Å². The van der Waals surface area contributed by atoms with Crippen molar-refractivity contribution in [1.29, 1.82) is 0 Å². The van der Waals surface area contributed by atoms with Crippen molar-refractivity contribution in [2.24, 2.45) is 0 Å². The molecule has 0 spiro atoms. The van der Waals surface area contributed by atoms with Crippen LogP contribution in [0.1, 0.15) is 19.8 Å². The minimum absolute atomic E-state index is 0. The van der Waals surface area contributed by atoms with Crippen LogP contribution < -0.4 is 24.8 Å². The van der Waals surface area contributed by atoms with Crippen LogP contribution in [0.2, 0.25) is 13.1 Å². The smallest absolute Gasteiger partial charge is 0.0771 e. The summed E-state index contributed by atoms with van der Waals surface area (Å²) in [7, 11) is 0. The molecule has 0 unspecified atom stereocenters. The number of rotatable bonds is 1. The molecule has 4 rings (SSSR count). The van der Waals surface area contributed by atoms with Gasteiger partial charge in [0.25, 0.3) is 0 Å². The minimum Gasteiger partial charge on any atom is -1.00 e. The Morgan fingerprint density at radius 3 is 1.77 bits per heavy atom. The topological polar surface area (TPSA) is 0 Å². The molecule has 4 heteroatoms. The SMILES string of the molecule is CCC1=[C-]CC=C1.C[Si](C)=[Hf+2].[Cl-].[Cl-].c1ccc2c(c1)[cH-]c1ccccc12. The van der Waals surface area contributed by atoms with Gasteiger partial charge in [-0.2, -0.15) is 6.08 Å². The first kappa shape index (κ1) is 25.5. The molecule has 1 aliphatic rings. The summed E-state index contributed by atoms with van der Waals surface area (Å²) in [6.45, 7) is 6.81. The fraction of sp³-hybridized carbons (Fsp3) is 0.227. The summed E-state index contributed by atoms with van der Waals surface area (Å²) in [4.78, 5) is 0. The van der Waals surface area contributed by atoms with E-state index in [1.807, 2.05) is 0 Å². The second-order valence-corrected chi connectivity index (χ2v) is 18.8. The molecule has 0 heterocycles. The number of allylic oxidation sites excluding steroid dienone is 4. The van der Waals surface area contributed by atoms with Crippen LogP contribution in [0.25, 0.3) is 21.5 Å². The van der Waals surface area contributed by atoms with Gasteiger partial charge in [0.1, 0.15) is 0 Å². The van der Waals surface area contributed by atoms with Crippen LogP contribution in [-0.2, 0) is 23.0 Å². The van der Waals surface area contributed by atoms with Crippen molar-refractivity contribution < 1.29 is 47.8 Å². The molecule has 3 aromatic carbocycles. The normalized spacial score (nSPS) is 11.3. The Hall–Kier alpha value is -0.543. The maximum absolute atomic E-state index is 3.21. The zero-order valence-electron chi connectivity index (χ0n) is 15.5. The molecule has 0 N–H and O–H groups in total. The molecule has 0 aliphatic heterocycles. The number of fused-ring (bicyclic) bond motifs is 3. The molecule has 3 aromatic rings. The molecule has 136 valence electrons. The van der Waals surface area contributed by atoms with Gasteiger partial charge < -0.3 is 24.8 Å². The van der Waals surface area contributed by atoms with Gasteiger partial charge in [0, 0.05) is 0 Å².